The van der Waals surface area contributed by atoms with E-state index in [4.69, 9.17) is 9.84 Å². The fourth-order valence-corrected chi connectivity index (χ4v) is 4.94. The maximum absolute atomic E-state index is 12.5. The number of carbonyl (C=O) groups excluding carboxylic acids is 1. The lowest BCUT2D eigenvalue weighted by molar-refractivity contribution is -0.136. The SMILES string of the molecule is Cc1nc2cc(OC[C@@H](O)CN3CCN(CC(=O)Nc4ccccc4CC(=O)O)CC3)ccc2s1. The molecule has 3 aromatic rings. The molecule has 186 valence electrons. The Hall–Kier alpha value is -3.05. The third kappa shape index (κ3) is 7.22. The predicted molar refractivity (Wildman–Crippen MR) is 135 cm³/mol. The predicted octanol–water partition coefficient (Wildman–Crippen LogP) is 2.23. The first-order valence-corrected chi connectivity index (χ1v) is 12.4. The molecule has 0 aliphatic carbocycles. The van der Waals surface area contributed by atoms with Crippen LogP contribution in [0.1, 0.15) is 10.6 Å². The number of nitrogens with one attached hydrogen (secondary N) is 1. The van der Waals surface area contributed by atoms with Crippen LogP contribution in [0.4, 0.5) is 5.69 Å². The molecular weight excluding hydrogens is 468 g/mol. The van der Waals surface area contributed by atoms with Crippen molar-refractivity contribution in [2.24, 2.45) is 0 Å². The molecule has 4 rings (SSSR count). The molecule has 10 heteroatoms. The summed E-state index contributed by atoms with van der Waals surface area (Å²) in [4.78, 5) is 32.2. The molecule has 2 aromatic carbocycles. The smallest absolute Gasteiger partial charge is 0.307 e. The van der Waals surface area contributed by atoms with Crippen molar-refractivity contribution in [3.63, 3.8) is 0 Å². The molecule has 1 aliphatic heterocycles. The van der Waals surface area contributed by atoms with Gasteiger partial charge in [0.15, 0.2) is 0 Å². The largest absolute Gasteiger partial charge is 0.491 e. The van der Waals surface area contributed by atoms with Crippen molar-refractivity contribution in [2.45, 2.75) is 19.4 Å². The summed E-state index contributed by atoms with van der Waals surface area (Å²) in [6.07, 6.45) is -0.760. The number of amides is 1. The number of carboxylic acid groups (broad SMARTS) is 1. The number of hydrogen-bond donors (Lipinski definition) is 3. The number of piperazine rings is 1. The van der Waals surface area contributed by atoms with Gasteiger partial charge in [-0.25, -0.2) is 4.98 Å². The average Bonchev–Trinajstić information content (AvgIpc) is 3.19. The number of para-hydroxylation sites is 1. The van der Waals surface area contributed by atoms with Crippen molar-refractivity contribution in [2.75, 3.05) is 51.2 Å². The fraction of sp³-hybridized carbons (Fsp3) is 0.400. The maximum Gasteiger partial charge on any atom is 0.307 e. The molecule has 1 amide bonds. The molecule has 35 heavy (non-hydrogen) atoms. The second kappa shape index (κ2) is 11.6. The molecule has 0 spiro atoms. The highest BCUT2D eigenvalue weighted by Crippen LogP contribution is 2.25. The van der Waals surface area contributed by atoms with Crippen molar-refractivity contribution in [1.29, 1.82) is 0 Å². The van der Waals surface area contributed by atoms with Crippen LogP contribution < -0.4 is 10.1 Å². The minimum atomic E-state index is -0.939. The van der Waals surface area contributed by atoms with Gasteiger partial charge in [-0.3, -0.25) is 19.4 Å². The van der Waals surface area contributed by atoms with Crippen LogP contribution in [0.15, 0.2) is 42.5 Å². The first kappa shape index (κ1) is 25.1. The molecule has 1 fully saturated rings. The zero-order chi connectivity index (χ0) is 24.8. The molecule has 1 atom stereocenters. The number of nitrogens with zero attached hydrogens (tertiary/aromatic N) is 3. The quantitative estimate of drug-likeness (QED) is 0.390. The van der Waals surface area contributed by atoms with Gasteiger partial charge in [0.2, 0.25) is 5.91 Å². The summed E-state index contributed by atoms with van der Waals surface area (Å²) in [7, 11) is 0. The molecule has 0 bridgehead atoms. The molecule has 0 radical (unpaired) electrons. The van der Waals surface area contributed by atoms with E-state index in [0.29, 0.717) is 36.6 Å². The number of aliphatic hydroxyl groups excluding tert-OH is 1. The molecular formula is C25H30N4O5S. The highest BCUT2D eigenvalue weighted by Gasteiger charge is 2.21. The van der Waals surface area contributed by atoms with Gasteiger partial charge in [-0.2, -0.15) is 0 Å². The maximum atomic E-state index is 12.5. The molecule has 2 heterocycles. The molecule has 0 saturated carbocycles. The number of rotatable bonds is 10. The standard InChI is InChI=1S/C25H30N4O5S/c1-17-26-22-13-20(6-7-23(22)35-17)34-16-19(30)14-28-8-10-29(11-9-28)15-24(31)27-21-5-3-2-4-18(21)12-25(32)33/h2-7,13,19,30H,8-12,14-16H2,1H3,(H,27,31)(H,32,33)/t19-/m0/s1. The number of aryl methyl sites for hydroxylation is 1. The van der Waals surface area contributed by atoms with Gasteiger partial charge >= 0.3 is 5.97 Å². The Morgan fingerprint density at radius 2 is 1.89 bits per heavy atom. The van der Waals surface area contributed by atoms with E-state index in [0.717, 1.165) is 28.3 Å². The Morgan fingerprint density at radius 1 is 1.14 bits per heavy atom. The highest BCUT2D eigenvalue weighted by atomic mass is 32.1. The first-order valence-electron chi connectivity index (χ1n) is 11.6. The average molecular weight is 499 g/mol. The van der Waals surface area contributed by atoms with E-state index in [1.807, 2.05) is 25.1 Å². The number of ether oxygens (including phenoxy) is 1. The lowest BCUT2D eigenvalue weighted by atomic mass is 10.1. The van der Waals surface area contributed by atoms with Crippen LogP contribution in [0.2, 0.25) is 0 Å². The highest BCUT2D eigenvalue weighted by molar-refractivity contribution is 7.18. The van der Waals surface area contributed by atoms with Crippen LogP contribution in [0.3, 0.4) is 0 Å². The minimum absolute atomic E-state index is 0.139. The van der Waals surface area contributed by atoms with Crippen LogP contribution in [0, 0.1) is 6.92 Å². The van der Waals surface area contributed by atoms with Gasteiger partial charge in [-0.05, 0) is 30.7 Å². The van der Waals surface area contributed by atoms with Crippen LogP contribution in [-0.2, 0) is 16.0 Å². The number of hydrogen-bond acceptors (Lipinski definition) is 8. The van der Waals surface area contributed by atoms with Crippen molar-refractivity contribution in [3.05, 3.63) is 53.0 Å². The van der Waals surface area contributed by atoms with Crippen LogP contribution in [-0.4, -0.2) is 88.9 Å². The number of carboxylic acids is 1. The number of aliphatic hydroxyl groups is 1. The van der Waals surface area contributed by atoms with Crippen molar-refractivity contribution < 1.29 is 24.5 Å². The van der Waals surface area contributed by atoms with Gasteiger partial charge in [-0.15, -0.1) is 11.3 Å². The lowest BCUT2D eigenvalue weighted by Gasteiger charge is -2.35. The van der Waals surface area contributed by atoms with E-state index < -0.39 is 12.1 Å². The van der Waals surface area contributed by atoms with E-state index in [1.54, 1.807) is 35.6 Å². The van der Waals surface area contributed by atoms with Crippen LogP contribution in [0.5, 0.6) is 5.75 Å². The first-order chi connectivity index (χ1) is 16.9. The van der Waals surface area contributed by atoms with Gasteiger partial charge in [0.05, 0.1) is 28.2 Å². The molecule has 1 saturated heterocycles. The summed E-state index contributed by atoms with van der Waals surface area (Å²) >= 11 is 1.64. The molecule has 1 aromatic heterocycles. The van der Waals surface area contributed by atoms with Gasteiger partial charge < -0.3 is 20.3 Å². The second-order valence-corrected chi connectivity index (χ2v) is 9.91. The van der Waals surface area contributed by atoms with Crippen molar-refractivity contribution in [3.8, 4) is 5.75 Å². The Labute approximate surface area is 207 Å². The van der Waals surface area contributed by atoms with E-state index in [9.17, 15) is 14.7 Å². The van der Waals surface area contributed by atoms with Gasteiger partial charge in [0, 0.05) is 44.5 Å². The number of aliphatic carboxylic acids is 1. The Balaban J connectivity index is 1.18. The van der Waals surface area contributed by atoms with Gasteiger partial charge in [0.25, 0.3) is 0 Å². The monoisotopic (exact) mass is 498 g/mol. The number of carbonyl (C=O) groups is 2. The Bertz CT molecular complexity index is 1180. The van der Waals surface area contributed by atoms with E-state index >= 15 is 0 Å². The zero-order valence-electron chi connectivity index (χ0n) is 19.6. The zero-order valence-corrected chi connectivity index (χ0v) is 20.5. The third-order valence-corrected chi connectivity index (χ3v) is 6.79. The van der Waals surface area contributed by atoms with Crippen molar-refractivity contribution >= 4 is 39.1 Å². The summed E-state index contributed by atoms with van der Waals surface area (Å²) in [6.45, 7) is 5.80. The van der Waals surface area contributed by atoms with Crippen LogP contribution >= 0.6 is 11.3 Å². The molecule has 1 aliphatic rings. The number of β-amino-alcohol motifs (C(OH)–C–C–N with tert-alkyl or cyclic N) is 1. The molecule has 9 nitrogen and oxygen atoms in total. The molecule has 0 unspecified atom stereocenters. The minimum Gasteiger partial charge on any atom is -0.491 e. The van der Waals surface area contributed by atoms with Crippen LogP contribution in [0.25, 0.3) is 10.2 Å². The lowest BCUT2D eigenvalue weighted by Crippen LogP contribution is -2.50. The van der Waals surface area contributed by atoms with Gasteiger partial charge in [0.1, 0.15) is 18.5 Å². The van der Waals surface area contributed by atoms with E-state index in [2.05, 4.69) is 20.1 Å². The molecule has 3 N–H and O–H groups in total. The summed E-state index contributed by atoms with van der Waals surface area (Å²) in [6, 6.07) is 12.7. The summed E-state index contributed by atoms with van der Waals surface area (Å²) in [5, 5.41) is 23.3. The summed E-state index contributed by atoms with van der Waals surface area (Å²) in [5.74, 6) is -0.411. The second-order valence-electron chi connectivity index (χ2n) is 8.68. The number of fused-ring (bicyclic) bond motifs is 1. The van der Waals surface area contributed by atoms with Crippen molar-refractivity contribution in [1.82, 2.24) is 14.8 Å². The van der Waals surface area contributed by atoms with E-state index in [-0.39, 0.29) is 25.5 Å². The summed E-state index contributed by atoms with van der Waals surface area (Å²) < 4.78 is 6.90. The number of thiazole rings is 1. The number of anilines is 1. The normalized spacial score (nSPS) is 15.7. The Morgan fingerprint density at radius 3 is 2.66 bits per heavy atom. The number of benzene rings is 2. The Kier molecular flexibility index (Phi) is 8.29. The summed E-state index contributed by atoms with van der Waals surface area (Å²) in [5.41, 5.74) is 2.02. The third-order valence-electron chi connectivity index (χ3n) is 5.84. The van der Waals surface area contributed by atoms with E-state index in [1.165, 1.54) is 0 Å². The van der Waals surface area contributed by atoms with Gasteiger partial charge in [-0.1, -0.05) is 18.2 Å². The topological polar surface area (TPSA) is 115 Å². The number of aromatic nitrogens is 1. The fourth-order valence-electron chi connectivity index (χ4n) is 4.14.